The zero-order valence-corrected chi connectivity index (χ0v) is 11.0. The first kappa shape index (κ1) is 12.8. The smallest absolute Gasteiger partial charge is 0.123 e. The Bertz CT molecular complexity index is 513. The molecule has 18 heavy (non-hydrogen) atoms. The SMILES string of the molecule is CCC(Oc1ccc(Cl)c(N)c1)c1ccccc1. The van der Waals surface area contributed by atoms with Crippen LogP contribution in [0, 0.1) is 0 Å². The average Bonchev–Trinajstić information content (AvgIpc) is 2.41. The zero-order chi connectivity index (χ0) is 13.0. The molecule has 2 rings (SSSR count). The summed E-state index contributed by atoms with van der Waals surface area (Å²) in [7, 11) is 0. The van der Waals surface area contributed by atoms with Crippen LogP contribution in [0.5, 0.6) is 5.75 Å². The third-order valence-electron chi connectivity index (χ3n) is 2.79. The van der Waals surface area contributed by atoms with Gasteiger partial charge in [0, 0.05) is 6.07 Å². The van der Waals surface area contributed by atoms with E-state index in [2.05, 4.69) is 19.1 Å². The Kier molecular flexibility index (Phi) is 4.11. The summed E-state index contributed by atoms with van der Waals surface area (Å²) in [5.41, 5.74) is 7.46. The number of hydrogen-bond acceptors (Lipinski definition) is 2. The molecule has 0 aliphatic carbocycles. The molecule has 94 valence electrons. The molecule has 0 spiro atoms. The highest BCUT2D eigenvalue weighted by molar-refractivity contribution is 6.33. The molecule has 1 unspecified atom stereocenters. The molecule has 0 amide bonds. The summed E-state index contributed by atoms with van der Waals surface area (Å²) in [4.78, 5) is 0. The molecule has 2 N–H and O–H groups in total. The van der Waals surface area contributed by atoms with Crippen molar-refractivity contribution >= 4 is 17.3 Å². The number of ether oxygens (including phenoxy) is 1. The number of rotatable bonds is 4. The number of benzene rings is 2. The number of anilines is 1. The van der Waals surface area contributed by atoms with Crippen LogP contribution in [0.4, 0.5) is 5.69 Å². The first-order valence-electron chi connectivity index (χ1n) is 5.97. The van der Waals surface area contributed by atoms with Gasteiger partial charge >= 0.3 is 0 Å². The summed E-state index contributed by atoms with van der Waals surface area (Å²) in [5, 5.41) is 0.551. The molecule has 2 nitrogen and oxygen atoms in total. The Morgan fingerprint density at radius 1 is 1.17 bits per heavy atom. The molecule has 0 heterocycles. The maximum absolute atomic E-state index is 5.95. The lowest BCUT2D eigenvalue weighted by Gasteiger charge is -2.18. The predicted molar refractivity (Wildman–Crippen MR) is 76.0 cm³/mol. The standard InChI is InChI=1S/C15H16ClNO/c1-2-15(11-6-4-3-5-7-11)18-12-8-9-13(16)14(17)10-12/h3-10,15H,2,17H2,1H3. The minimum absolute atomic E-state index is 0.0341. The summed E-state index contributed by atoms with van der Waals surface area (Å²) in [6.45, 7) is 2.09. The van der Waals surface area contributed by atoms with E-state index in [1.54, 1.807) is 12.1 Å². The van der Waals surface area contributed by atoms with E-state index >= 15 is 0 Å². The molecule has 0 radical (unpaired) electrons. The topological polar surface area (TPSA) is 35.2 Å². The van der Waals surface area contributed by atoms with Gasteiger partial charge < -0.3 is 10.5 Å². The minimum atomic E-state index is 0.0341. The van der Waals surface area contributed by atoms with Crippen molar-refractivity contribution in [1.29, 1.82) is 0 Å². The van der Waals surface area contributed by atoms with E-state index in [1.807, 2.05) is 24.3 Å². The van der Waals surface area contributed by atoms with Gasteiger partial charge in [-0.05, 0) is 24.1 Å². The molecule has 0 fully saturated rings. The van der Waals surface area contributed by atoms with Crippen LogP contribution < -0.4 is 10.5 Å². The highest BCUT2D eigenvalue weighted by Gasteiger charge is 2.11. The van der Waals surface area contributed by atoms with Crippen molar-refractivity contribution in [3.8, 4) is 5.75 Å². The molecule has 2 aromatic rings. The van der Waals surface area contributed by atoms with E-state index in [0.29, 0.717) is 10.7 Å². The maximum Gasteiger partial charge on any atom is 0.123 e. The Morgan fingerprint density at radius 3 is 2.50 bits per heavy atom. The van der Waals surface area contributed by atoms with Crippen LogP contribution in [0.2, 0.25) is 5.02 Å². The second kappa shape index (κ2) is 5.78. The fourth-order valence-electron chi connectivity index (χ4n) is 1.81. The van der Waals surface area contributed by atoms with Crippen molar-refractivity contribution in [2.24, 2.45) is 0 Å². The summed E-state index contributed by atoms with van der Waals surface area (Å²) in [5.74, 6) is 0.743. The first-order chi connectivity index (χ1) is 8.70. The van der Waals surface area contributed by atoms with Crippen LogP contribution >= 0.6 is 11.6 Å². The second-order valence-corrected chi connectivity index (χ2v) is 4.52. The van der Waals surface area contributed by atoms with Crippen LogP contribution in [-0.2, 0) is 0 Å². The van der Waals surface area contributed by atoms with E-state index in [4.69, 9.17) is 22.1 Å². The van der Waals surface area contributed by atoms with Crippen molar-refractivity contribution in [2.45, 2.75) is 19.4 Å². The molecule has 0 aliphatic rings. The summed E-state index contributed by atoms with van der Waals surface area (Å²) >= 11 is 5.89. The number of hydrogen-bond donors (Lipinski definition) is 1. The Hall–Kier alpha value is -1.67. The van der Waals surface area contributed by atoms with Crippen LogP contribution in [0.1, 0.15) is 25.0 Å². The molecular weight excluding hydrogens is 246 g/mol. The largest absolute Gasteiger partial charge is 0.486 e. The van der Waals surface area contributed by atoms with Crippen LogP contribution in [0.25, 0.3) is 0 Å². The molecule has 0 bridgehead atoms. The van der Waals surface area contributed by atoms with Gasteiger partial charge in [-0.15, -0.1) is 0 Å². The van der Waals surface area contributed by atoms with Crippen LogP contribution in [0.3, 0.4) is 0 Å². The van der Waals surface area contributed by atoms with Gasteiger partial charge in [0.25, 0.3) is 0 Å². The normalized spacial score (nSPS) is 12.1. The molecule has 3 heteroatoms. The van der Waals surface area contributed by atoms with E-state index in [-0.39, 0.29) is 6.10 Å². The third kappa shape index (κ3) is 2.96. The lowest BCUT2D eigenvalue weighted by molar-refractivity contribution is 0.201. The van der Waals surface area contributed by atoms with E-state index in [1.165, 1.54) is 0 Å². The summed E-state index contributed by atoms with van der Waals surface area (Å²) < 4.78 is 5.95. The summed E-state index contributed by atoms with van der Waals surface area (Å²) in [6.07, 6.45) is 0.929. The van der Waals surface area contributed by atoms with E-state index in [9.17, 15) is 0 Å². The molecular formula is C15H16ClNO. The van der Waals surface area contributed by atoms with Gasteiger partial charge in [-0.1, -0.05) is 48.9 Å². The van der Waals surface area contributed by atoms with Gasteiger partial charge in [-0.25, -0.2) is 0 Å². The molecule has 0 saturated heterocycles. The van der Waals surface area contributed by atoms with Crippen LogP contribution in [-0.4, -0.2) is 0 Å². The van der Waals surface area contributed by atoms with E-state index in [0.717, 1.165) is 17.7 Å². The van der Waals surface area contributed by atoms with Gasteiger partial charge in [0.1, 0.15) is 11.9 Å². The molecule has 2 aromatic carbocycles. The highest BCUT2D eigenvalue weighted by atomic mass is 35.5. The van der Waals surface area contributed by atoms with E-state index < -0.39 is 0 Å². The number of nitrogens with two attached hydrogens (primary N) is 1. The molecule has 1 atom stereocenters. The third-order valence-corrected chi connectivity index (χ3v) is 3.13. The van der Waals surface area contributed by atoms with Gasteiger partial charge in [0.15, 0.2) is 0 Å². The lowest BCUT2D eigenvalue weighted by atomic mass is 10.1. The summed E-state index contributed by atoms with van der Waals surface area (Å²) in [6, 6.07) is 15.5. The van der Waals surface area contributed by atoms with Crippen molar-refractivity contribution in [2.75, 3.05) is 5.73 Å². The molecule has 0 saturated carbocycles. The Balaban J connectivity index is 2.18. The Labute approximate surface area is 112 Å². The van der Waals surface area contributed by atoms with Gasteiger partial charge in [-0.3, -0.25) is 0 Å². The van der Waals surface area contributed by atoms with Crippen molar-refractivity contribution in [3.63, 3.8) is 0 Å². The fraction of sp³-hybridized carbons (Fsp3) is 0.200. The Morgan fingerprint density at radius 2 is 1.89 bits per heavy atom. The number of nitrogen functional groups attached to an aromatic ring is 1. The quantitative estimate of drug-likeness (QED) is 0.825. The van der Waals surface area contributed by atoms with Gasteiger partial charge in [0.05, 0.1) is 10.7 Å². The van der Waals surface area contributed by atoms with Crippen LogP contribution in [0.15, 0.2) is 48.5 Å². The highest BCUT2D eigenvalue weighted by Crippen LogP contribution is 2.29. The van der Waals surface area contributed by atoms with Crippen molar-refractivity contribution < 1.29 is 4.74 Å². The van der Waals surface area contributed by atoms with Crippen molar-refractivity contribution in [1.82, 2.24) is 0 Å². The predicted octanol–water partition coefficient (Wildman–Crippen LogP) is 4.45. The van der Waals surface area contributed by atoms with Gasteiger partial charge in [-0.2, -0.15) is 0 Å². The monoisotopic (exact) mass is 261 g/mol. The van der Waals surface area contributed by atoms with Gasteiger partial charge in [0.2, 0.25) is 0 Å². The molecule has 0 aliphatic heterocycles. The van der Waals surface area contributed by atoms with Crippen molar-refractivity contribution in [3.05, 3.63) is 59.1 Å². The number of halogens is 1. The lowest BCUT2D eigenvalue weighted by Crippen LogP contribution is -2.06. The second-order valence-electron chi connectivity index (χ2n) is 4.11. The zero-order valence-electron chi connectivity index (χ0n) is 10.3. The average molecular weight is 262 g/mol. The minimum Gasteiger partial charge on any atom is -0.486 e. The molecule has 0 aromatic heterocycles. The fourth-order valence-corrected chi connectivity index (χ4v) is 1.93. The first-order valence-corrected chi connectivity index (χ1v) is 6.35. The maximum atomic E-state index is 5.95.